The minimum Gasteiger partial charge on any atom is -0.382 e. The van der Waals surface area contributed by atoms with Crippen LogP contribution in [0.2, 0.25) is 0 Å². The molecule has 28 heavy (non-hydrogen) atoms. The number of halogens is 2. The number of hydrogen-bond donors (Lipinski definition) is 2. The van der Waals surface area contributed by atoms with Gasteiger partial charge in [0.2, 0.25) is 11.5 Å². The molecule has 2 aromatic rings. The summed E-state index contributed by atoms with van der Waals surface area (Å²) in [6.45, 7) is 8.90. The highest BCUT2D eigenvalue weighted by Gasteiger charge is 2.22. The SMILES string of the molecule is CC.CC(C)CNc1nc(N)c(C(=O)c2cc(C(/C=C\CCl)=C/CCl)no2)s1. The number of carbonyl (C=O) groups is 1. The predicted octanol–water partition coefficient (Wildman–Crippen LogP) is 5.46. The molecule has 0 atom stereocenters. The smallest absolute Gasteiger partial charge is 0.244 e. The Morgan fingerprint density at radius 2 is 2.07 bits per heavy atom. The molecule has 0 aliphatic rings. The van der Waals surface area contributed by atoms with Gasteiger partial charge < -0.3 is 15.6 Å². The maximum absolute atomic E-state index is 12.7. The lowest BCUT2D eigenvalue weighted by atomic mass is 10.1. The van der Waals surface area contributed by atoms with Crippen LogP contribution >= 0.6 is 34.5 Å². The van der Waals surface area contributed by atoms with E-state index in [-0.39, 0.29) is 17.4 Å². The average Bonchev–Trinajstić information content (AvgIpc) is 3.31. The van der Waals surface area contributed by atoms with Crippen LogP contribution in [-0.4, -0.2) is 34.2 Å². The van der Waals surface area contributed by atoms with E-state index in [4.69, 9.17) is 33.5 Å². The molecule has 0 bridgehead atoms. The number of hydrogen-bond acceptors (Lipinski definition) is 7. The molecule has 0 radical (unpaired) electrons. The molecule has 0 aliphatic heterocycles. The van der Waals surface area contributed by atoms with E-state index in [9.17, 15) is 4.79 Å². The molecular formula is C19H26Cl2N4O2S. The first-order valence-electron chi connectivity index (χ1n) is 8.96. The normalized spacial score (nSPS) is 11.6. The molecule has 0 amide bonds. The van der Waals surface area contributed by atoms with Gasteiger partial charge in [0.15, 0.2) is 5.13 Å². The van der Waals surface area contributed by atoms with Gasteiger partial charge in [0.1, 0.15) is 16.4 Å². The summed E-state index contributed by atoms with van der Waals surface area (Å²) in [5.41, 5.74) is 7.11. The van der Waals surface area contributed by atoms with Crippen molar-refractivity contribution in [2.75, 3.05) is 29.4 Å². The zero-order valence-corrected chi connectivity index (χ0v) is 18.8. The fraction of sp³-hybridized carbons (Fsp3) is 0.421. The predicted molar refractivity (Wildman–Crippen MR) is 120 cm³/mol. The van der Waals surface area contributed by atoms with Crippen molar-refractivity contribution >= 4 is 56.8 Å². The van der Waals surface area contributed by atoms with Gasteiger partial charge in [0, 0.05) is 29.9 Å². The first kappa shape index (κ1) is 24.2. The molecule has 6 nitrogen and oxygen atoms in total. The van der Waals surface area contributed by atoms with Crippen molar-refractivity contribution in [3.05, 3.63) is 40.6 Å². The monoisotopic (exact) mass is 444 g/mol. The fourth-order valence-corrected chi connectivity index (χ4v) is 3.10. The number of nitrogens with two attached hydrogens (primary N) is 1. The van der Waals surface area contributed by atoms with E-state index in [0.717, 1.165) is 12.1 Å². The molecule has 0 saturated heterocycles. The second-order valence-electron chi connectivity index (χ2n) is 5.78. The van der Waals surface area contributed by atoms with Crippen LogP contribution in [0.15, 0.2) is 28.8 Å². The van der Waals surface area contributed by atoms with Gasteiger partial charge in [-0.3, -0.25) is 4.79 Å². The van der Waals surface area contributed by atoms with Gasteiger partial charge in [-0.05, 0) is 5.92 Å². The van der Waals surface area contributed by atoms with Crippen molar-refractivity contribution in [3.63, 3.8) is 0 Å². The molecule has 2 heterocycles. The second kappa shape index (κ2) is 12.6. The summed E-state index contributed by atoms with van der Waals surface area (Å²) in [5.74, 6) is 0.998. The maximum Gasteiger partial charge on any atom is 0.244 e. The lowest BCUT2D eigenvalue weighted by molar-refractivity contribution is 0.100. The number of nitrogen functional groups attached to an aromatic ring is 1. The average molecular weight is 445 g/mol. The van der Waals surface area contributed by atoms with E-state index in [1.165, 1.54) is 11.3 Å². The number of nitrogens with one attached hydrogen (secondary N) is 1. The molecule has 0 aliphatic carbocycles. The Kier molecular flexibility index (Phi) is 10.9. The molecule has 0 saturated carbocycles. The third-order valence-electron chi connectivity index (χ3n) is 3.23. The number of nitrogens with zero attached hydrogens (tertiary/aromatic N) is 2. The number of rotatable bonds is 9. The molecule has 0 aromatic carbocycles. The molecule has 0 fully saturated rings. The third kappa shape index (κ3) is 6.96. The van der Waals surface area contributed by atoms with Gasteiger partial charge in [-0.15, -0.1) is 23.2 Å². The van der Waals surface area contributed by atoms with Crippen molar-refractivity contribution in [2.24, 2.45) is 5.92 Å². The first-order chi connectivity index (χ1) is 13.5. The molecule has 9 heteroatoms. The molecular weight excluding hydrogens is 419 g/mol. The van der Waals surface area contributed by atoms with Crippen LogP contribution in [-0.2, 0) is 0 Å². The van der Waals surface area contributed by atoms with Gasteiger partial charge in [0.25, 0.3) is 0 Å². The fourth-order valence-electron chi connectivity index (χ4n) is 2.00. The number of carbonyl (C=O) groups excluding carboxylic acids is 1. The topological polar surface area (TPSA) is 94.0 Å². The minimum atomic E-state index is -0.358. The zero-order valence-electron chi connectivity index (χ0n) is 16.5. The van der Waals surface area contributed by atoms with E-state index in [0.29, 0.717) is 33.4 Å². The van der Waals surface area contributed by atoms with Gasteiger partial charge in [0.05, 0.1) is 0 Å². The third-order valence-corrected chi connectivity index (χ3v) is 4.59. The Bertz CT molecular complexity index is 813. The second-order valence-corrected chi connectivity index (χ2v) is 7.40. The lowest BCUT2D eigenvalue weighted by Gasteiger charge is -2.04. The van der Waals surface area contributed by atoms with Crippen molar-refractivity contribution in [1.29, 1.82) is 0 Å². The maximum atomic E-state index is 12.7. The molecule has 0 spiro atoms. The number of alkyl halides is 2. The molecule has 3 N–H and O–H groups in total. The highest BCUT2D eigenvalue weighted by Crippen LogP contribution is 2.28. The standard InChI is InChI=1S/C17H20Cl2N4O2S.C2H6/c1-10(2)9-21-17-22-16(20)15(26-17)14(24)13-8-12(23-25-13)11(5-7-19)4-3-6-18;1-2/h3-5,8,10H,6-7,9,20H2,1-2H3,(H,21,22);1-2H3/b4-3-,11-5+;. The number of aromatic nitrogens is 2. The molecule has 0 unspecified atom stereocenters. The van der Waals surface area contributed by atoms with Crippen molar-refractivity contribution in [2.45, 2.75) is 27.7 Å². The Labute approximate surface area is 179 Å². The summed E-state index contributed by atoms with van der Waals surface area (Å²) in [4.78, 5) is 17.2. The van der Waals surface area contributed by atoms with Gasteiger partial charge >= 0.3 is 0 Å². The van der Waals surface area contributed by atoms with Crippen LogP contribution in [0.25, 0.3) is 5.57 Å². The molecule has 2 aromatic heterocycles. The highest BCUT2D eigenvalue weighted by atomic mass is 35.5. The highest BCUT2D eigenvalue weighted by molar-refractivity contribution is 7.18. The number of ketones is 1. The summed E-state index contributed by atoms with van der Waals surface area (Å²) in [5, 5.41) is 7.70. The van der Waals surface area contributed by atoms with Gasteiger partial charge in [-0.2, -0.15) is 0 Å². The van der Waals surface area contributed by atoms with Gasteiger partial charge in [-0.25, -0.2) is 4.98 Å². The largest absolute Gasteiger partial charge is 0.382 e. The van der Waals surface area contributed by atoms with Crippen LogP contribution in [0.3, 0.4) is 0 Å². The first-order valence-corrected chi connectivity index (χ1v) is 10.8. The summed E-state index contributed by atoms with van der Waals surface area (Å²) in [6, 6.07) is 1.56. The van der Waals surface area contributed by atoms with Crippen LogP contribution in [0.4, 0.5) is 10.9 Å². The van der Waals surface area contributed by atoms with E-state index in [1.54, 1.807) is 24.3 Å². The van der Waals surface area contributed by atoms with Crippen LogP contribution in [0, 0.1) is 5.92 Å². The summed E-state index contributed by atoms with van der Waals surface area (Å²) >= 11 is 12.6. The summed E-state index contributed by atoms with van der Waals surface area (Å²) < 4.78 is 5.20. The van der Waals surface area contributed by atoms with E-state index < -0.39 is 0 Å². The summed E-state index contributed by atoms with van der Waals surface area (Å²) in [7, 11) is 0. The zero-order chi connectivity index (χ0) is 21.1. The summed E-state index contributed by atoms with van der Waals surface area (Å²) in [6.07, 6.45) is 5.28. The Hall–Kier alpha value is -1.83. The Morgan fingerprint density at radius 1 is 1.36 bits per heavy atom. The van der Waals surface area contributed by atoms with Crippen molar-refractivity contribution < 1.29 is 9.32 Å². The number of allylic oxidation sites excluding steroid dienone is 4. The van der Waals surface area contributed by atoms with Crippen LogP contribution in [0.1, 0.15) is 48.8 Å². The van der Waals surface area contributed by atoms with Crippen molar-refractivity contribution in [1.82, 2.24) is 10.1 Å². The Balaban J connectivity index is 0.00000190. The van der Waals surface area contributed by atoms with E-state index >= 15 is 0 Å². The van der Waals surface area contributed by atoms with Crippen LogP contribution in [0.5, 0.6) is 0 Å². The number of thiazole rings is 1. The van der Waals surface area contributed by atoms with Crippen LogP contribution < -0.4 is 11.1 Å². The van der Waals surface area contributed by atoms with E-state index in [1.807, 2.05) is 13.8 Å². The minimum absolute atomic E-state index is 0.0884. The van der Waals surface area contributed by atoms with Crippen molar-refractivity contribution in [3.8, 4) is 0 Å². The van der Waals surface area contributed by atoms with E-state index in [2.05, 4.69) is 29.3 Å². The number of anilines is 2. The van der Waals surface area contributed by atoms with Gasteiger partial charge in [-0.1, -0.05) is 62.4 Å². The molecule has 154 valence electrons. The quantitative estimate of drug-likeness (QED) is 0.303. The Morgan fingerprint density at radius 3 is 2.68 bits per heavy atom. The lowest BCUT2D eigenvalue weighted by Crippen LogP contribution is -2.07. The molecule has 2 rings (SSSR count).